The molecule has 0 saturated carbocycles. The van der Waals surface area contributed by atoms with Crippen molar-refractivity contribution < 1.29 is 4.79 Å². The second-order valence-electron chi connectivity index (χ2n) is 5.88. The summed E-state index contributed by atoms with van der Waals surface area (Å²) in [6.45, 7) is 4.17. The largest absolute Gasteiger partial charge is 0.366 e. The molecule has 0 aliphatic heterocycles. The normalized spacial score (nSPS) is 13.5. The molecule has 0 aliphatic rings. The summed E-state index contributed by atoms with van der Waals surface area (Å²) in [5, 5.41) is 3.50. The van der Waals surface area contributed by atoms with Crippen LogP contribution in [-0.4, -0.2) is 16.9 Å². The molecule has 0 aliphatic carbocycles. The zero-order chi connectivity index (χ0) is 16.8. The first-order valence-corrected chi connectivity index (χ1v) is 7.79. The summed E-state index contributed by atoms with van der Waals surface area (Å²) in [4.78, 5) is 25.0. The van der Waals surface area contributed by atoms with Crippen molar-refractivity contribution in [3.8, 4) is 0 Å². The van der Waals surface area contributed by atoms with E-state index in [9.17, 15) is 9.59 Å². The van der Waals surface area contributed by atoms with Gasteiger partial charge in [-0.2, -0.15) is 0 Å². The minimum Gasteiger partial charge on any atom is -0.366 e. The molecule has 0 radical (unpaired) electrons. The number of amides is 1. The summed E-state index contributed by atoms with van der Waals surface area (Å²) in [5.41, 5.74) is 7.83. The molecule has 2 aromatic rings. The summed E-state index contributed by atoms with van der Waals surface area (Å²) in [7, 11) is 0. The third kappa shape index (κ3) is 5.07. The fourth-order valence-electron chi connectivity index (χ4n) is 2.56. The van der Waals surface area contributed by atoms with E-state index in [1.165, 1.54) is 5.56 Å². The summed E-state index contributed by atoms with van der Waals surface area (Å²) < 4.78 is 0. The van der Waals surface area contributed by atoms with Gasteiger partial charge in [0.05, 0.1) is 0 Å². The highest BCUT2D eigenvalue weighted by molar-refractivity contribution is 5.92. The van der Waals surface area contributed by atoms with Crippen LogP contribution in [0.5, 0.6) is 0 Å². The van der Waals surface area contributed by atoms with E-state index in [1.807, 2.05) is 25.1 Å². The van der Waals surface area contributed by atoms with E-state index >= 15 is 0 Å². The molecule has 2 atom stereocenters. The quantitative estimate of drug-likeness (QED) is 0.732. The van der Waals surface area contributed by atoms with Crippen LogP contribution in [-0.2, 0) is 6.42 Å². The lowest BCUT2D eigenvalue weighted by molar-refractivity contribution is 0.100. The zero-order valence-electron chi connectivity index (χ0n) is 13.5. The van der Waals surface area contributed by atoms with Crippen molar-refractivity contribution in [3.63, 3.8) is 0 Å². The molecule has 5 heteroatoms. The lowest BCUT2D eigenvalue weighted by atomic mass is 10.0. The molecule has 4 N–H and O–H groups in total. The maximum atomic E-state index is 11.4. The van der Waals surface area contributed by atoms with Gasteiger partial charge in [-0.05, 0) is 56.0 Å². The molecule has 1 aromatic carbocycles. The van der Waals surface area contributed by atoms with E-state index in [2.05, 4.69) is 17.2 Å². The predicted octanol–water partition coefficient (Wildman–Crippen LogP) is 2.15. The lowest BCUT2D eigenvalue weighted by Gasteiger charge is -2.20. The van der Waals surface area contributed by atoms with Gasteiger partial charge in [-0.1, -0.05) is 12.1 Å². The Morgan fingerprint density at radius 1 is 1.22 bits per heavy atom. The average Bonchev–Trinajstić information content (AvgIpc) is 2.53. The van der Waals surface area contributed by atoms with Gasteiger partial charge < -0.3 is 16.0 Å². The predicted molar refractivity (Wildman–Crippen MR) is 91.4 cm³/mol. The van der Waals surface area contributed by atoms with E-state index in [0.717, 1.165) is 18.4 Å². The number of benzene rings is 1. The van der Waals surface area contributed by atoms with Crippen LogP contribution in [0, 0.1) is 0 Å². The van der Waals surface area contributed by atoms with Gasteiger partial charge in [0.15, 0.2) is 0 Å². The van der Waals surface area contributed by atoms with Crippen molar-refractivity contribution in [1.82, 2.24) is 10.3 Å². The van der Waals surface area contributed by atoms with E-state index in [0.29, 0.717) is 11.6 Å². The van der Waals surface area contributed by atoms with Crippen LogP contribution in [0.4, 0.5) is 0 Å². The molecule has 0 fully saturated rings. The van der Waals surface area contributed by atoms with Crippen LogP contribution < -0.4 is 16.6 Å². The number of hydrogen-bond acceptors (Lipinski definition) is 3. The first kappa shape index (κ1) is 17.0. The van der Waals surface area contributed by atoms with Gasteiger partial charge in [-0.15, -0.1) is 0 Å². The second-order valence-corrected chi connectivity index (χ2v) is 5.88. The molecule has 0 bridgehead atoms. The van der Waals surface area contributed by atoms with Crippen LogP contribution in [0.15, 0.2) is 47.4 Å². The number of primary amides is 1. The fourth-order valence-corrected chi connectivity index (χ4v) is 2.56. The highest BCUT2D eigenvalue weighted by atomic mass is 16.1. The molecule has 1 aromatic heterocycles. The smallest absolute Gasteiger partial charge is 0.248 e. The van der Waals surface area contributed by atoms with Crippen LogP contribution in [0.2, 0.25) is 0 Å². The third-order valence-corrected chi connectivity index (χ3v) is 3.94. The van der Waals surface area contributed by atoms with Crippen molar-refractivity contribution in [1.29, 1.82) is 0 Å². The lowest BCUT2D eigenvalue weighted by Crippen LogP contribution is -2.30. The minimum atomic E-state index is -0.404. The number of aromatic nitrogens is 1. The van der Waals surface area contributed by atoms with Crippen molar-refractivity contribution in [2.45, 2.75) is 38.8 Å². The summed E-state index contributed by atoms with van der Waals surface area (Å²) in [5.74, 6) is -0.404. The summed E-state index contributed by atoms with van der Waals surface area (Å²) in [6, 6.07) is 11.3. The highest BCUT2D eigenvalue weighted by Crippen LogP contribution is 2.13. The third-order valence-electron chi connectivity index (χ3n) is 3.94. The Kier molecular flexibility index (Phi) is 5.71. The number of carbonyl (C=O) groups excluding carboxylic acids is 1. The number of nitrogens with one attached hydrogen (secondary N) is 2. The molecule has 2 rings (SSSR count). The van der Waals surface area contributed by atoms with Gasteiger partial charge in [0, 0.05) is 29.9 Å². The molecule has 23 heavy (non-hydrogen) atoms. The van der Waals surface area contributed by atoms with Gasteiger partial charge in [0.1, 0.15) is 0 Å². The number of aromatic amines is 1. The van der Waals surface area contributed by atoms with Crippen molar-refractivity contribution >= 4 is 5.91 Å². The Balaban J connectivity index is 1.86. The van der Waals surface area contributed by atoms with Gasteiger partial charge in [0.25, 0.3) is 0 Å². The molecule has 1 heterocycles. The highest BCUT2D eigenvalue weighted by Gasteiger charge is 2.10. The topological polar surface area (TPSA) is 88.0 Å². The Morgan fingerprint density at radius 3 is 2.52 bits per heavy atom. The van der Waals surface area contributed by atoms with E-state index in [4.69, 9.17) is 5.73 Å². The molecular formula is C18H23N3O2. The van der Waals surface area contributed by atoms with Crippen molar-refractivity contribution in [2.24, 2.45) is 5.73 Å². The second kappa shape index (κ2) is 7.74. The molecule has 1 amide bonds. The number of carbonyl (C=O) groups is 1. The van der Waals surface area contributed by atoms with Gasteiger partial charge in [-0.25, -0.2) is 0 Å². The maximum Gasteiger partial charge on any atom is 0.248 e. The number of pyridine rings is 1. The maximum absolute atomic E-state index is 11.4. The Labute approximate surface area is 135 Å². The Bertz CT molecular complexity index is 707. The summed E-state index contributed by atoms with van der Waals surface area (Å²) in [6.07, 6.45) is 3.54. The molecule has 5 nitrogen and oxygen atoms in total. The molecule has 0 saturated heterocycles. The van der Waals surface area contributed by atoms with Crippen LogP contribution in [0.25, 0.3) is 0 Å². The van der Waals surface area contributed by atoms with Crippen LogP contribution in [0.1, 0.15) is 47.8 Å². The molecule has 0 unspecified atom stereocenters. The Hall–Kier alpha value is -2.40. The number of H-pyrrole nitrogens is 1. The number of aryl methyl sites for hydroxylation is 1. The minimum absolute atomic E-state index is 0.0849. The van der Waals surface area contributed by atoms with E-state index in [1.54, 1.807) is 24.4 Å². The monoisotopic (exact) mass is 313 g/mol. The SMILES string of the molecule is C[C@H](CCc1ccc(C(N)=O)cc1)N[C@H](C)c1cc[nH]c(=O)c1. The summed E-state index contributed by atoms with van der Waals surface area (Å²) >= 11 is 0. The number of nitrogens with two attached hydrogens (primary N) is 1. The molecule has 122 valence electrons. The number of hydrogen-bond donors (Lipinski definition) is 3. The van der Waals surface area contributed by atoms with Crippen LogP contribution in [0.3, 0.4) is 0 Å². The first-order valence-electron chi connectivity index (χ1n) is 7.79. The molecular weight excluding hydrogens is 290 g/mol. The van der Waals surface area contributed by atoms with Gasteiger partial charge >= 0.3 is 0 Å². The van der Waals surface area contributed by atoms with Crippen LogP contribution >= 0.6 is 0 Å². The van der Waals surface area contributed by atoms with E-state index in [-0.39, 0.29) is 11.6 Å². The fraction of sp³-hybridized carbons (Fsp3) is 0.333. The Morgan fingerprint density at radius 2 is 1.91 bits per heavy atom. The van der Waals surface area contributed by atoms with E-state index < -0.39 is 5.91 Å². The average molecular weight is 313 g/mol. The van der Waals surface area contributed by atoms with Crippen molar-refractivity contribution in [2.75, 3.05) is 0 Å². The van der Waals surface area contributed by atoms with Gasteiger partial charge in [0.2, 0.25) is 11.5 Å². The standard InChI is InChI=1S/C18H23N3O2/c1-12(21-13(2)16-9-10-20-17(22)11-16)3-4-14-5-7-15(8-6-14)18(19)23/h5-13,21H,3-4H2,1-2H3,(H2,19,23)(H,20,22)/t12-,13-/m1/s1. The molecule has 0 spiro atoms. The zero-order valence-corrected chi connectivity index (χ0v) is 13.5. The first-order chi connectivity index (χ1) is 11.0. The van der Waals surface area contributed by atoms with Gasteiger partial charge in [-0.3, -0.25) is 9.59 Å². The number of rotatable bonds is 7. The van der Waals surface area contributed by atoms with Crippen molar-refractivity contribution in [3.05, 3.63) is 69.6 Å².